The van der Waals surface area contributed by atoms with E-state index in [1.54, 1.807) is 13.8 Å². The molecule has 94 valence electrons. The van der Waals surface area contributed by atoms with E-state index < -0.39 is 12.1 Å². The first-order chi connectivity index (χ1) is 8.10. The fourth-order valence-electron chi connectivity index (χ4n) is 1.33. The Kier molecular flexibility index (Phi) is 4.78. The number of hydrogen-bond donors (Lipinski definition) is 2. The van der Waals surface area contributed by atoms with E-state index in [0.29, 0.717) is 12.2 Å². The number of hydrogen-bond acceptors (Lipinski definition) is 5. The third-order valence-electron chi connectivity index (χ3n) is 2.11. The summed E-state index contributed by atoms with van der Waals surface area (Å²) in [7, 11) is 0. The molecule has 0 aromatic heterocycles. The van der Waals surface area contributed by atoms with Crippen molar-refractivity contribution in [2.45, 2.75) is 20.0 Å². The van der Waals surface area contributed by atoms with Gasteiger partial charge in [0.05, 0.1) is 13.2 Å². The van der Waals surface area contributed by atoms with Crippen LogP contribution in [0.5, 0.6) is 11.5 Å². The molecule has 1 aromatic rings. The van der Waals surface area contributed by atoms with Gasteiger partial charge in [0.15, 0.2) is 17.6 Å². The molecule has 1 atom stereocenters. The molecule has 2 N–H and O–H groups in total. The number of aliphatic hydroxyl groups is 1. The first-order valence-electron chi connectivity index (χ1n) is 5.40. The van der Waals surface area contributed by atoms with Gasteiger partial charge in [-0.2, -0.15) is 0 Å². The first kappa shape index (κ1) is 13.3. The number of esters is 1. The van der Waals surface area contributed by atoms with Crippen molar-refractivity contribution in [3.05, 3.63) is 23.8 Å². The van der Waals surface area contributed by atoms with Crippen LogP contribution in [0, 0.1) is 0 Å². The van der Waals surface area contributed by atoms with Gasteiger partial charge in [0.2, 0.25) is 0 Å². The fourth-order valence-corrected chi connectivity index (χ4v) is 1.33. The highest BCUT2D eigenvalue weighted by atomic mass is 16.5. The van der Waals surface area contributed by atoms with Crippen LogP contribution in [0.15, 0.2) is 18.2 Å². The lowest BCUT2D eigenvalue weighted by atomic mass is 10.1. The smallest absolute Gasteiger partial charge is 0.339 e. The zero-order valence-corrected chi connectivity index (χ0v) is 9.84. The Balaban J connectivity index is 2.90. The van der Waals surface area contributed by atoms with Crippen molar-refractivity contribution in [1.82, 2.24) is 0 Å². The molecule has 0 heterocycles. The van der Waals surface area contributed by atoms with E-state index in [4.69, 9.17) is 9.47 Å². The molecule has 0 radical (unpaired) electrons. The number of aliphatic hydroxyl groups excluding tert-OH is 1. The van der Waals surface area contributed by atoms with Gasteiger partial charge in [-0.1, -0.05) is 6.07 Å². The molecular weight excluding hydrogens is 224 g/mol. The summed E-state index contributed by atoms with van der Waals surface area (Å²) in [6, 6.07) is 4.22. The average Bonchev–Trinajstić information content (AvgIpc) is 2.31. The molecule has 1 unspecified atom stereocenters. The van der Waals surface area contributed by atoms with E-state index >= 15 is 0 Å². The highest BCUT2D eigenvalue weighted by molar-refractivity contribution is 5.76. The van der Waals surface area contributed by atoms with Crippen LogP contribution in [0.25, 0.3) is 0 Å². The van der Waals surface area contributed by atoms with Crippen molar-refractivity contribution in [1.29, 1.82) is 0 Å². The minimum absolute atomic E-state index is 0.0355. The number of carbonyl (C=O) groups excluding carboxylic acids is 1. The molecule has 0 fully saturated rings. The van der Waals surface area contributed by atoms with E-state index in [0.717, 1.165) is 0 Å². The lowest BCUT2D eigenvalue weighted by molar-refractivity contribution is -0.153. The summed E-state index contributed by atoms with van der Waals surface area (Å²) in [6.07, 6.45) is -1.37. The van der Waals surface area contributed by atoms with Gasteiger partial charge in [-0.25, -0.2) is 4.79 Å². The molecule has 17 heavy (non-hydrogen) atoms. The van der Waals surface area contributed by atoms with E-state index in [2.05, 4.69) is 0 Å². The van der Waals surface area contributed by atoms with Gasteiger partial charge in [-0.15, -0.1) is 0 Å². The summed E-state index contributed by atoms with van der Waals surface area (Å²) in [5.41, 5.74) is 0.324. The van der Waals surface area contributed by atoms with Crippen molar-refractivity contribution in [2.24, 2.45) is 0 Å². The molecule has 0 amide bonds. The van der Waals surface area contributed by atoms with Crippen LogP contribution in [-0.2, 0) is 9.53 Å². The standard InChI is InChI=1S/C12H16O5/c1-3-16-10-7-8(5-6-9(10)13)11(14)12(15)17-4-2/h5-7,11,13-14H,3-4H2,1-2H3. The second kappa shape index (κ2) is 6.10. The van der Waals surface area contributed by atoms with Crippen LogP contribution < -0.4 is 4.74 Å². The fraction of sp³-hybridized carbons (Fsp3) is 0.417. The third kappa shape index (κ3) is 3.35. The Morgan fingerprint density at radius 3 is 2.65 bits per heavy atom. The van der Waals surface area contributed by atoms with Gasteiger partial charge in [-0.05, 0) is 31.5 Å². The molecule has 1 rings (SSSR count). The second-order valence-electron chi connectivity index (χ2n) is 3.31. The molecule has 0 aliphatic rings. The van der Waals surface area contributed by atoms with Crippen molar-refractivity contribution < 1.29 is 24.5 Å². The van der Waals surface area contributed by atoms with Crippen molar-refractivity contribution in [3.63, 3.8) is 0 Å². The zero-order chi connectivity index (χ0) is 12.8. The molecule has 5 heteroatoms. The summed E-state index contributed by atoms with van der Waals surface area (Å²) >= 11 is 0. The van der Waals surface area contributed by atoms with E-state index in [9.17, 15) is 15.0 Å². The number of phenols is 1. The molecule has 1 aromatic carbocycles. The van der Waals surface area contributed by atoms with Crippen molar-refractivity contribution >= 4 is 5.97 Å². The number of benzene rings is 1. The summed E-state index contributed by atoms with van der Waals surface area (Å²) < 4.78 is 9.85. The predicted octanol–water partition coefficient (Wildman–Crippen LogP) is 1.39. The molecular formula is C12H16O5. The van der Waals surface area contributed by atoms with Crippen molar-refractivity contribution in [3.8, 4) is 11.5 Å². The normalized spacial score (nSPS) is 11.9. The predicted molar refractivity (Wildman–Crippen MR) is 60.9 cm³/mol. The second-order valence-corrected chi connectivity index (χ2v) is 3.31. The number of carbonyl (C=O) groups is 1. The zero-order valence-electron chi connectivity index (χ0n) is 9.84. The maximum Gasteiger partial charge on any atom is 0.339 e. The van der Waals surface area contributed by atoms with Crippen LogP contribution in [0.1, 0.15) is 25.5 Å². The molecule has 0 spiro atoms. The lowest BCUT2D eigenvalue weighted by Crippen LogP contribution is -2.15. The first-order valence-corrected chi connectivity index (χ1v) is 5.40. The van der Waals surface area contributed by atoms with Gasteiger partial charge in [0.1, 0.15) is 0 Å². The Bertz CT molecular complexity index is 388. The van der Waals surface area contributed by atoms with E-state index in [1.807, 2.05) is 0 Å². The number of ether oxygens (including phenoxy) is 2. The Morgan fingerprint density at radius 1 is 1.35 bits per heavy atom. The van der Waals surface area contributed by atoms with Crippen LogP contribution in [0.4, 0.5) is 0 Å². The van der Waals surface area contributed by atoms with Gasteiger partial charge in [0.25, 0.3) is 0 Å². The summed E-state index contributed by atoms with van der Waals surface area (Å²) in [6.45, 7) is 4.01. The number of aromatic hydroxyl groups is 1. The monoisotopic (exact) mass is 240 g/mol. The highest BCUT2D eigenvalue weighted by Crippen LogP contribution is 2.29. The van der Waals surface area contributed by atoms with E-state index in [1.165, 1.54) is 18.2 Å². The minimum Gasteiger partial charge on any atom is -0.504 e. The van der Waals surface area contributed by atoms with Gasteiger partial charge >= 0.3 is 5.97 Å². The largest absolute Gasteiger partial charge is 0.504 e. The third-order valence-corrected chi connectivity index (χ3v) is 2.11. The summed E-state index contributed by atoms with van der Waals surface area (Å²) in [4.78, 5) is 11.3. The Hall–Kier alpha value is -1.75. The summed E-state index contributed by atoms with van der Waals surface area (Å²) in [5.74, 6) is -0.527. The molecule has 5 nitrogen and oxygen atoms in total. The molecule has 0 saturated carbocycles. The molecule has 0 bridgehead atoms. The molecule has 0 aliphatic carbocycles. The number of rotatable bonds is 5. The van der Waals surface area contributed by atoms with Crippen LogP contribution in [-0.4, -0.2) is 29.4 Å². The van der Waals surface area contributed by atoms with Crippen LogP contribution in [0.2, 0.25) is 0 Å². The SMILES string of the molecule is CCOC(=O)C(O)c1ccc(O)c(OCC)c1. The van der Waals surface area contributed by atoms with E-state index in [-0.39, 0.29) is 18.1 Å². The average molecular weight is 240 g/mol. The Morgan fingerprint density at radius 2 is 2.06 bits per heavy atom. The van der Waals surface area contributed by atoms with Gasteiger partial charge in [-0.3, -0.25) is 0 Å². The summed E-state index contributed by atoms with van der Waals surface area (Å²) in [5, 5.41) is 19.2. The maximum atomic E-state index is 11.3. The molecule has 0 saturated heterocycles. The minimum atomic E-state index is -1.37. The lowest BCUT2D eigenvalue weighted by Gasteiger charge is -2.12. The topological polar surface area (TPSA) is 76.0 Å². The van der Waals surface area contributed by atoms with Gasteiger partial charge < -0.3 is 19.7 Å². The quantitative estimate of drug-likeness (QED) is 0.760. The van der Waals surface area contributed by atoms with Gasteiger partial charge in [0, 0.05) is 0 Å². The molecule has 0 aliphatic heterocycles. The Labute approximate surface area is 99.6 Å². The highest BCUT2D eigenvalue weighted by Gasteiger charge is 2.19. The number of phenolic OH excluding ortho intramolecular Hbond substituents is 1. The van der Waals surface area contributed by atoms with Crippen LogP contribution >= 0.6 is 0 Å². The maximum absolute atomic E-state index is 11.3. The van der Waals surface area contributed by atoms with Crippen molar-refractivity contribution in [2.75, 3.05) is 13.2 Å². The van der Waals surface area contributed by atoms with Crippen LogP contribution in [0.3, 0.4) is 0 Å².